The van der Waals surface area contributed by atoms with Crippen LogP contribution in [0.3, 0.4) is 0 Å². The molecule has 5 nitrogen and oxygen atoms in total. The van der Waals surface area contributed by atoms with Crippen LogP contribution >= 0.6 is 0 Å². The number of carbonyl (C=O) groups excluding carboxylic acids is 2. The molecule has 1 N–H and O–H groups in total. The Bertz CT molecular complexity index is 1070. The Hall–Kier alpha value is -3.08. The molecular weight excluding hydrogens is 414 g/mol. The van der Waals surface area contributed by atoms with Gasteiger partial charge in [-0.2, -0.15) is 0 Å². The average Bonchev–Trinajstić information content (AvgIpc) is 3.08. The monoisotopic (exact) mass is 447 g/mol. The predicted octanol–water partition coefficient (Wildman–Crippen LogP) is 5.78. The lowest BCUT2D eigenvalue weighted by atomic mass is 9.90. The lowest BCUT2D eigenvalue weighted by Gasteiger charge is -2.35. The summed E-state index contributed by atoms with van der Waals surface area (Å²) in [5.74, 6) is -0.279. The first-order chi connectivity index (χ1) is 15.9. The van der Waals surface area contributed by atoms with E-state index in [1.807, 2.05) is 37.3 Å². The Balaban J connectivity index is 1.80. The van der Waals surface area contributed by atoms with Crippen LogP contribution in [-0.2, 0) is 9.59 Å². The third-order valence-corrected chi connectivity index (χ3v) is 6.50. The highest BCUT2D eigenvalue weighted by Crippen LogP contribution is 2.43. The van der Waals surface area contributed by atoms with Crippen molar-refractivity contribution in [2.45, 2.75) is 65.0 Å². The van der Waals surface area contributed by atoms with Crippen molar-refractivity contribution in [3.63, 3.8) is 0 Å². The molecule has 174 valence electrons. The SMILES string of the molecule is Cc1cccc(C2/C(=C(/O)c3cccc(OCC(C)C)c3)C(=O)C(=O)N2C2CCCCC2)c1. The van der Waals surface area contributed by atoms with Crippen LogP contribution in [0, 0.1) is 12.8 Å². The molecule has 1 saturated carbocycles. The molecule has 1 aliphatic carbocycles. The molecule has 1 aliphatic heterocycles. The Morgan fingerprint density at radius 3 is 2.48 bits per heavy atom. The number of aliphatic hydroxyl groups is 1. The molecule has 1 unspecified atom stereocenters. The summed E-state index contributed by atoms with van der Waals surface area (Å²) in [5.41, 5.74) is 2.55. The van der Waals surface area contributed by atoms with Crippen LogP contribution in [0.2, 0.25) is 0 Å². The summed E-state index contributed by atoms with van der Waals surface area (Å²) in [6.45, 7) is 6.68. The van der Waals surface area contributed by atoms with E-state index < -0.39 is 17.7 Å². The summed E-state index contributed by atoms with van der Waals surface area (Å²) in [4.78, 5) is 28.3. The smallest absolute Gasteiger partial charge is 0.295 e. The molecule has 1 saturated heterocycles. The molecule has 2 aromatic carbocycles. The molecule has 2 aliphatic rings. The first kappa shape index (κ1) is 23.1. The van der Waals surface area contributed by atoms with E-state index in [1.165, 1.54) is 0 Å². The minimum absolute atomic E-state index is 0.00622. The molecule has 0 aromatic heterocycles. The van der Waals surface area contributed by atoms with E-state index in [0.29, 0.717) is 23.8 Å². The number of ether oxygens (including phenoxy) is 1. The fourth-order valence-electron chi connectivity index (χ4n) is 4.90. The molecule has 4 rings (SSSR count). The number of Topliss-reactive ketones (excluding diaryl/α,β-unsaturated/α-hetero) is 1. The van der Waals surface area contributed by atoms with Crippen LogP contribution in [0.25, 0.3) is 5.76 Å². The topological polar surface area (TPSA) is 66.8 Å². The molecule has 2 fully saturated rings. The van der Waals surface area contributed by atoms with Crippen molar-refractivity contribution < 1.29 is 19.4 Å². The Labute approximate surface area is 196 Å². The Morgan fingerprint density at radius 2 is 1.79 bits per heavy atom. The number of rotatable bonds is 6. The van der Waals surface area contributed by atoms with Gasteiger partial charge in [0.05, 0.1) is 18.2 Å². The van der Waals surface area contributed by atoms with Crippen molar-refractivity contribution in [3.8, 4) is 5.75 Å². The van der Waals surface area contributed by atoms with Crippen molar-refractivity contribution in [1.82, 2.24) is 4.90 Å². The molecule has 5 heteroatoms. The number of ketones is 1. The van der Waals surface area contributed by atoms with E-state index in [1.54, 1.807) is 23.1 Å². The van der Waals surface area contributed by atoms with Gasteiger partial charge in [0.15, 0.2) is 0 Å². The molecule has 0 radical (unpaired) electrons. The van der Waals surface area contributed by atoms with E-state index in [-0.39, 0.29) is 17.4 Å². The molecule has 1 amide bonds. The zero-order chi connectivity index (χ0) is 23.5. The third-order valence-electron chi connectivity index (χ3n) is 6.50. The predicted molar refractivity (Wildman–Crippen MR) is 129 cm³/mol. The van der Waals surface area contributed by atoms with Gasteiger partial charge in [-0.15, -0.1) is 0 Å². The second kappa shape index (κ2) is 9.82. The summed E-state index contributed by atoms with van der Waals surface area (Å²) in [5, 5.41) is 11.4. The third kappa shape index (κ3) is 4.82. The summed E-state index contributed by atoms with van der Waals surface area (Å²) < 4.78 is 5.82. The molecule has 0 bridgehead atoms. The lowest BCUT2D eigenvalue weighted by molar-refractivity contribution is -0.141. The summed E-state index contributed by atoms with van der Waals surface area (Å²) in [6, 6.07) is 14.4. The van der Waals surface area contributed by atoms with Crippen LogP contribution < -0.4 is 4.74 Å². The van der Waals surface area contributed by atoms with Gasteiger partial charge in [0.25, 0.3) is 11.7 Å². The number of aryl methyl sites for hydroxylation is 1. The second-order valence-corrected chi connectivity index (χ2v) is 9.65. The highest BCUT2D eigenvalue weighted by Gasteiger charge is 2.48. The van der Waals surface area contributed by atoms with Crippen LogP contribution in [0.15, 0.2) is 54.1 Å². The zero-order valence-corrected chi connectivity index (χ0v) is 19.7. The van der Waals surface area contributed by atoms with Crippen molar-refractivity contribution in [3.05, 3.63) is 70.8 Å². The first-order valence-corrected chi connectivity index (χ1v) is 12.0. The van der Waals surface area contributed by atoms with Gasteiger partial charge in [0, 0.05) is 11.6 Å². The summed E-state index contributed by atoms with van der Waals surface area (Å²) >= 11 is 0. The van der Waals surface area contributed by atoms with Crippen molar-refractivity contribution >= 4 is 17.4 Å². The van der Waals surface area contributed by atoms with Crippen molar-refractivity contribution in [1.29, 1.82) is 0 Å². The van der Waals surface area contributed by atoms with Gasteiger partial charge in [-0.25, -0.2) is 0 Å². The molecule has 0 spiro atoms. The number of hydrogen-bond donors (Lipinski definition) is 1. The van der Waals surface area contributed by atoms with Gasteiger partial charge in [-0.3, -0.25) is 9.59 Å². The quantitative estimate of drug-likeness (QED) is 0.346. The Kier molecular flexibility index (Phi) is 6.87. The normalized spacial score (nSPS) is 21.1. The largest absolute Gasteiger partial charge is 0.507 e. The van der Waals surface area contributed by atoms with Gasteiger partial charge in [-0.1, -0.05) is 75.1 Å². The zero-order valence-electron chi connectivity index (χ0n) is 19.7. The van der Waals surface area contributed by atoms with E-state index in [2.05, 4.69) is 13.8 Å². The maximum absolute atomic E-state index is 13.3. The van der Waals surface area contributed by atoms with Crippen LogP contribution in [0.1, 0.15) is 68.7 Å². The van der Waals surface area contributed by atoms with Gasteiger partial charge < -0.3 is 14.7 Å². The summed E-state index contributed by atoms with van der Waals surface area (Å²) in [7, 11) is 0. The number of amides is 1. The minimum Gasteiger partial charge on any atom is -0.507 e. The maximum Gasteiger partial charge on any atom is 0.295 e. The van der Waals surface area contributed by atoms with E-state index >= 15 is 0 Å². The molecule has 1 heterocycles. The number of carbonyl (C=O) groups is 2. The molecule has 2 aromatic rings. The highest BCUT2D eigenvalue weighted by atomic mass is 16.5. The van der Waals surface area contributed by atoms with Gasteiger partial charge in [0.1, 0.15) is 11.5 Å². The minimum atomic E-state index is -0.613. The van der Waals surface area contributed by atoms with Crippen molar-refractivity contribution in [2.24, 2.45) is 5.92 Å². The van der Waals surface area contributed by atoms with Gasteiger partial charge in [-0.05, 0) is 43.4 Å². The van der Waals surface area contributed by atoms with Gasteiger partial charge >= 0.3 is 0 Å². The number of nitrogens with zero attached hydrogens (tertiary/aromatic N) is 1. The lowest BCUT2D eigenvalue weighted by Crippen LogP contribution is -2.40. The number of benzene rings is 2. The van der Waals surface area contributed by atoms with Gasteiger partial charge in [0.2, 0.25) is 0 Å². The van der Waals surface area contributed by atoms with Crippen molar-refractivity contribution in [2.75, 3.05) is 6.61 Å². The average molecular weight is 448 g/mol. The van der Waals surface area contributed by atoms with Crippen LogP contribution in [0.5, 0.6) is 5.75 Å². The maximum atomic E-state index is 13.3. The van der Waals surface area contributed by atoms with Crippen LogP contribution in [-0.4, -0.2) is 34.3 Å². The molecule has 33 heavy (non-hydrogen) atoms. The number of hydrogen-bond acceptors (Lipinski definition) is 4. The molecule has 1 atom stereocenters. The highest BCUT2D eigenvalue weighted by molar-refractivity contribution is 6.46. The molecular formula is C28H33NO4. The fourth-order valence-corrected chi connectivity index (χ4v) is 4.90. The standard InChI is InChI=1S/C28H33NO4/c1-18(2)17-33-23-14-8-11-21(16-23)26(30)24-25(20-10-7-9-19(3)15-20)29(28(32)27(24)31)22-12-5-4-6-13-22/h7-11,14-16,18,22,25,30H,4-6,12-13,17H2,1-3H3/b26-24-. The van der Waals surface area contributed by atoms with E-state index in [0.717, 1.165) is 43.2 Å². The summed E-state index contributed by atoms with van der Waals surface area (Å²) in [6.07, 6.45) is 5.01. The number of aliphatic hydroxyl groups excluding tert-OH is 1. The van der Waals surface area contributed by atoms with E-state index in [4.69, 9.17) is 4.74 Å². The Morgan fingerprint density at radius 1 is 1.06 bits per heavy atom. The second-order valence-electron chi connectivity index (χ2n) is 9.65. The first-order valence-electron chi connectivity index (χ1n) is 12.0. The van der Waals surface area contributed by atoms with Crippen LogP contribution in [0.4, 0.5) is 0 Å². The van der Waals surface area contributed by atoms with E-state index in [9.17, 15) is 14.7 Å². The number of likely N-dealkylation sites (tertiary alicyclic amines) is 1. The fraction of sp³-hybridized carbons (Fsp3) is 0.429.